The lowest BCUT2D eigenvalue weighted by molar-refractivity contribution is -0.147. The van der Waals surface area contributed by atoms with E-state index < -0.39 is 5.97 Å². The first-order valence-corrected chi connectivity index (χ1v) is 8.50. The van der Waals surface area contributed by atoms with Crippen LogP contribution in [0.2, 0.25) is 0 Å². The Hall–Kier alpha value is -2.91. The Labute approximate surface area is 152 Å². The summed E-state index contributed by atoms with van der Waals surface area (Å²) in [5, 5.41) is 17.9. The number of nitrogens with zero attached hydrogens (tertiary/aromatic N) is 3. The van der Waals surface area contributed by atoms with E-state index in [1.54, 1.807) is 12.1 Å². The SMILES string of the molecule is Cc1cc(OCc2cccc(C#N)n2)c(C)cc1CN1CC(C(=O)O)C1. The molecule has 0 atom stereocenters. The molecule has 2 aromatic rings. The number of carboxylic acid groups (broad SMARTS) is 1. The Morgan fingerprint density at radius 2 is 2.12 bits per heavy atom. The van der Waals surface area contributed by atoms with Gasteiger partial charge in [0, 0.05) is 19.6 Å². The van der Waals surface area contributed by atoms with Gasteiger partial charge in [-0.3, -0.25) is 9.69 Å². The second-order valence-electron chi connectivity index (χ2n) is 6.69. The number of pyridine rings is 1. The number of nitriles is 1. The molecule has 0 saturated carbocycles. The number of hydrogen-bond acceptors (Lipinski definition) is 5. The largest absolute Gasteiger partial charge is 0.487 e. The topological polar surface area (TPSA) is 86.5 Å². The fourth-order valence-electron chi connectivity index (χ4n) is 3.05. The zero-order valence-corrected chi connectivity index (χ0v) is 14.9. The van der Waals surface area contributed by atoms with Crippen molar-refractivity contribution in [2.45, 2.75) is 27.0 Å². The monoisotopic (exact) mass is 351 g/mol. The van der Waals surface area contributed by atoms with Crippen LogP contribution >= 0.6 is 0 Å². The van der Waals surface area contributed by atoms with Gasteiger partial charge in [0.1, 0.15) is 24.1 Å². The standard InChI is InChI=1S/C20H21N3O3/c1-13-7-19(26-12-18-5-3-4-17(8-21)22-18)14(2)6-15(13)9-23-10-16(11-23)20(24)25/h3-7,16H,9-12H2,1-2H3,(H,24,25). The minimum Gasteiger partial charge on any atom is -0.487 e. The number of likely N-dealkylation sites (tertiary alicyclic amines) is 1. The highest BCUT2D eigenvalue weighted by Gasteiger charge is 2.32. The second kappa shape index (κ2) is 7.54. The smallest absolute Gasteiger partial charge is 0.309 e. The van der Waals surface area contributed by atoms with Gasteiger partial charge in [-0.1, -0.05) is 12.1 Å². The molecule has 3 rings (SSSR count). The first-order valence-electron chi connectivity index (χ1n) is 8.50. The summed E-state index contributed by atoms with van der Waals surface area (Å²) < 4.78 is 5.89. The second-order valence-corrected chi connectivity index (χ2v) is 6.69. The molecule has 1 N–H and O–H groups in total. The molecule has 0 aliphatic carbocycles. The number of rotatable bonds is 6. The maximum atomic E-state index is 10.9. The van der Waals surface area contributed by atoms with E-state index in [1.165, 1.54) is 5.56 Å². The summed E-state index contributed by atoms with van der Waals surface area (Å²) in [7, 11) is 0. The van der Waals surface area contributed by atoms with Gasteiger partial charge in [-0.2, -0.15) is 5.26 Å². The van der Waals surface area contributed by atoms with Crippen molar-refractivity contribution in [1.29, 1.82) is 5.26 Å². The molecule has 0 radical (unpaired) electrons. The molecular formula is C20H21N3O3. The van der Waals surface area contributed by atoms with Gasteiger partial charge in [0.15, 0.2) is 0 Å². The van der Waals surface area contributed by atoms with Crippen LogP contribution in [0.25, 0.3) is 0 Å². The summed E-state index contributed by atoms with van der Waals surface area (Å²) in [6, 6.07) is 11.4. The van der Waals surface area contributed by atoms with Gasteiger partial charge in [-0.05, 0) is 48.7 Å². The van der Waals surface area contributed by atoms with Gasteiger partial charge in [0.2, 0.25) is 0 Å². The number of hydrogen-bond donors (Lipinski definition) is 1. The van der Waals surface area contributed by atoms with Crippen molar-refractivity contribution in [3.8, 4) is 11.8 Å². The number of ether oxygens (including phenoxy) is 1. The van der Waals surface area contributed by atoms with E-state index in [2.05, 4.69) is 16.0 Å². The Balaban J connectivity index is 1.64. The van der Waals surface area contributed by atoms with Crippen LogP contribution < -0.4 is 4.74 Å². The molecule has 2 heterocycles. The number of aliphatic carboxylic acids is 1. The van der Waals surface area contributed by atoms with Gasteiger partial charge in [-0.15, -0.1) is 0 Å². The number of benzene rings is 1. The first kappa shape index (κ1) is 17.9. The predicted octanol–water partition coefficient (Wildman–Crippen LogP) is 2.67. The lowest BCUT2D eigenvalue weighted by atomic mass is 9.97. The summed E-state index contributed by atoms with van der Waals surface area (Å²) in [5.74, 6) is -0.162. The average molecular weight is 351 g/mol. The molecule has 0 amide bonds. The molecule has 1 aliphatic heterocycles. The fourth-order valence-corrected chi connectivity index (χ4v) is 3.05. The maximum absolute atomic E-state index is 10.9. The van der Waals surface area contributed by atoms with Crippen molar-refractivity contribution in [3.63, 3.8) is 0 Å². The molecule has 6 heteroatoms. The van der Waals surface area contributed by atoms with Crippen LogP contribution in [0, 0.1) is 31.1 Å². The summed E-state index contributed by atoms with van der Waals surface area (Å²) >= 11 is 0. The summed E-state index contributed by atoms with van der Waals surface area (Å²) in [6.45, 7) is 6.29. The lowest BCUT2D eigenvalue weighted by Gasteiger charge is -2.37. The van der Waals surface area contributed by atoms with E-state index in [0.29, 0.717) is 31.1 Å². The predicted molar refractivity (Wildman–Crippen MR) is 95.6 cm³/mol. The van der Waals surface area contributed by atoms with Crippen molar-refractivity contribution in [1.82, 2.24) is 9.88 Å². The number of carbonyl (C=O) groups is 1. The molecule has 6 nitrogen and oxygen atoms in total. The van der Waals surface area contributed by atoms with E-state index in [-0.39, 0.29) is 5.92 Å². The Morgan fingerprint density at radius 1 is 1.35 bits per heavy atom. The first-order chi connectivity index (χ1) is 12.5. The fraction of sp³-hybridized carbons (Fsp3) is 0.350. The molecule has 26 heavy (non-hydrogen) atoms. The summed E-state index contributed by atoms with van der Waals surface area (Å²) in [6.07, 6.45) is 0. The Bertz CT molecular complexity index is 867. The molecule has 1 aromatic heterocycles. The summed E-state index contributed by atoms with van der Waals surface area (Å²) in [5.41, 5.74) is 4.41. The van der Waals surface area contributed by atoms with Crippen LogP contribution in [0.3, 0.4) is 0 Å². The van der Waals surface area contributed by atoms with Crippen LogP contribution in [0.5, 0.6) is 5.75 Å². The maximum Gasteiger partial charge on any atom is 0.309 e. The van der Waals surface area contributed by atoms with E-state index in [4.69, 9.17) is 15.1 Å². The minimum absolute atomic E-state index is 0.240. The molecule has 1 aliphatic rings. The Morgan fingerprint density at radius 3 is 2.81 bits per heavy atom. The third-order valence-electron chi connectivity index (χ3n) is 4.63. The van der Waals surface area contributed by atoms with Gasteiger partial charge in [0.25, 0.3) is 0 Å². The third-order valence-corrected chi connectivity index (χ3v) is 4.63. The zero-order valence-electron chi connectivity index (χ0n) is 14.9. The van der Waals surface area contributed by atoms with Crippen LogP contribution in [-0.2, 0) is 17.9 Å². The molecule has 0 unspecified atom stereocenters. The van der Waals surface area contributed by atoms with Crippen LogP contribution in [0.1, 0.15) is 28.1 Å². The molecular weight excluding hydrogens is 330 g/mol. The van der Waals surface area contributed by atoms with E-state index in [9.17, 15) is 4.79 Å². The third kappa shape index (κ3) is 4.01. The van der Waals surface area contributed by atoms with E-state index >= 15 is 0 Å². The van der Waals surface area contributed by atoms with Gasteiger partial charge < -0.3 is 9.84 Å². The normalized spacial score (nSPS) is 14.5. The number of aromatic nitrogens is 1. The quantitative estimate of drug-likeness (QED) is 0.861. The average Bonchev–Trinajstić information content (AvgIpc) is 2.58. The van der Waals surface area contributed by atoms with Gasteiger partial charge >= 0.3 is 5.97 Å². The Kier molecular flexibility index (Phi) is 5.19. The summed E-state index contributed by atoms with van der Waals surface area (Å²) in [4.78, 5) is 17.3. The lowest BCUT2D eigenvalue weighted by Crippen LogP contribution is -2.49. The highest BCUT2D eigenvalue weighted by Crippen LogP contribution is 2.27. The van der Waals surface area contributed by atoms with Crippen molar-refractivity contribution in [2.24, 2.45) is 5.92 Å². The van der Waals surface area contributed by atoms with Crippen LogP contribution in [-0.4, -0.2) is 34.0 Å². The minimum atomic E-state index is -0.716. The molecule has 0 spiro atoms. The van der Waals surface area contributed by atoms with Crippen LogP contribution in [0.4, 0.5) is 0 Å². The van der Waals surface area contributed by atoms with Gasteiger partial charge in [-0.25, -0.2) is 4.98 Å². The van der Waals surface area contributed by atoms with Crippen molar-refractivity contribution in [2.75, 3.05) is 13.1 Å². The van der Waals surface area contributed by atoms with Crippen molar-refractivity contribution in [3.05, 3.63) is 58.4 Å². The molecule has 1 aromatic carbocycles. The highest BCUT2D eigenvalue weighted by atomic mass is 16.5. The van der Waals surface area contributed by atoms with E-state index in [0.717, 1.165) is 23.4 Å². The van der Waals surface area contributed by atoms with Crippen molar-refractivity contribution < 1.29 is 14.6 Å². The molecule has 1 fully saturated rings. The molecule has 1 saturated heterocycles. The number of aryl methyl sites for hydroxylation is 2. The number of carboxylic acids is 1. The zero-order chi connectivity index (χ0) is 18.7. The van der Waals surface area contributed by atoms with Crippen LogP contribution in [0.15, 0.2) is 30.3 Å². The van der Waals surface area contributed by atoms with Crippen molar-refractivity contribution >= 4 is 5.97 Å². The van der Waals surface area contributed by atoms with Gasteiger partial charge in [0.05, 0.1) is 11.6 Å². The molecule has 0 bridgehead atoms. The van der Waals surface area contributed by atoms with E-state index in [1.807, 2.05) is 32.0 Å². The molecule has 134 valence electrons. The highest BCUT2D eigenvalue weighted by molar-refractivity contribution is 5.71.